The lowest BCUT2D eigenvalue weighted by Gasteiger charge is -2.16. The number of sulfone groups is 1. The predicted octanol–water partition coefficient (Wildman–Crippen LogP) is 5.51. The molecule has 4 aromatic rings. The van der Waals surface area contributed by atoms with Gasteiger partial charge in [-0.1, -0.05) is 60.7 Å². The molecule has 1 atom stereocenters. The molecule has 2 N–H and O–H groups in total. The summed E-state index contributed by atoms with van der Waals surface area (Å²) in [4.78, 5) is 15.9. The highest BCUT2D eigenvalue weighted by Gasteiger charge is 2.24. The Morgan fingerprint density at radius 2 is 1.57 bits per heavy atom. The third-order valence-corrected chi connectivity index (χ3v) is 8.06. The van der Waals surface area contributed by atoms with E-state index in [-0.39, 0.29) is 17.1 Å². The van der Waals surface area contributed by atoms with Gasteiger partial charge in [0.15, 0.2) is 9.84 Å². The summed E-state index contributed by atoms with van der Waals surface area (Å²) in [5.41, 5.74) is 4.93. The van der Waals surface area contributed by atoms with E-state index in [4.69, 9.17) is 0 Å². The molecule has 1 aromatic heterocycles. The Hall–Kier alpha value is -3.97. The fourth-order valence-corrected chi connectivity index (χ4v) is 5.84. The van der Waals surface area contributed by atoms with E-state index in [1.54, 1.807) is 42.6 Å². The molecule has 37 heavy (non-hydrogen) atoms. The molecular formula is C30H30N2O4S. The Morgan fingerprint density at radius 1 is 0.838 bits per heavy atom. The Labute approximate surface area is 218 Å². The van der Waals surface area contributed by atoms with E-state index in [9.17, 15) is 18.3 Å². The van der Waals surface area contributed by atoms with Crippen LogP contribution in [-0.4, -0.2) is 30.2 Å². The summed E-state index contributed by atoms with van der Waals surface area (Å²) in [6.45, 7) is 0.651. The number of nitrogens with zero attached hydrogens (tertiary/aromatic N) is 1. The number of carbonyl (C=O) groups is 1. The zero-order valence-electron chi connectivity index (χ0n) is 20.5. The summed E-state index contributed by atoms with van der Waals surface area (Å²) in [6, 6.07) is 30.0. The zero-order chi connectivity index (χ0) is 26.1. The van der Waals surface area contributed by atoms with Crippen LogP contribution in [-0.2, 0) is 34.0 Å². The van der Waals surface area contributed by atoms with E-state index in [1.165, 1.54) is 5.56 Å². The third kappa shape index (κ3) is 7.75. The smallest absolute Gasteiger partial charge is 0.303 e. The van der Waals surface area contributed by atoms with Crippen LogP contribution in [0.25, 0.3) is 0 Å². The van der Waals surface area contributed by atoms with Crippen LogP contribution in [0.5, 0.6) is 0 Å². The molecule has 0 aliphatic rings. The van der Waals surface area contributed by atoms with Crippen molar-refractivity contribution in [3.05, 3.63) is 126 Å². The number of carboxylic acid groups (broad SMARTS) is 1. The maximum atomic E-state index is 13.1. The number of nitrogens with one attached hydrogen (secondary N) is 1. The van der Waals surface area contributed by atoms with Crippen LogP contribution in [0.1, 0.15) is 34.7 Å². The number of aromatic nitrogens is 1. The number of anilines is 1. The van der Waals surface area contributed by atoms with Crippen LogP contribution in [0.4, 0.5) is 5.69 Å². The van der Waals surface area contributed by atoms with Gasteiger partial charge in [0.1, 0.15) is 0 Å². The van der Waals surface area contributed by atoms with Crippen molar-refractivity contribution in [3.63, 3.8) is 0 Å². The molecule has 0 spiro atoms. The monoisotopic (exact) mass is 514 g/mol. The Morgan fingerprint density at radius 3 is 2.27 bits per heavy atom. The molecule has 0 saturated carbocycles. The molecule has 190 valence electrons. The molecule has 0 fully saturated rings. The maximum Gasteiger partial charge on any atom is 0.303 e. The molecule has 7 heteroatoms. The van der Waals surface area contributed by atoms with Crippen LogP contribution >= 0.6 is 0 Å². The number of hydrogen-bond acceptors (Lipinski definition) is 5. The summed E-state index contributed by atoms with van der Waals surface area (Å²) in [7, 11) is -3.65. The van der Waals surface area contributed by atoms with E-state index in [2.05, 4.69) is 22.4 Å². The second kappa shape index (κ2) is 12.3. The number of pyridine rings is 1. The molecule has 0 radical (unpaired) electrons. The van der Waals surface area contributed by atoms with E-state index < -0.39 is 21.7 Å². The highest BCUT2D eigenvalue weighted by molar-refractivity contribution is 7.91. The summed E-state index contributed by atoms with van der Waals surface area (Å²) >= 11 is 0. The first-order valence-electron chi connectivity index (χ1n) is 12.2. The summed E-state index contributed by atoms with van der Waals surface area (Å²) in [6.07, 6.45) is 3.13. The van der Waals surface area contributed by atoms with E-state index in [0.29, 0.717) is 12.1 Å². The molecule has 1 unspecified atom stereocenters. The van der Waals surface area contributed by atoms with Crippen molar-refractivity contribution in [3.8, 4) is 0 Å². The Balaban J connectivity index is 1.36. The molecule has 0 saturated heterocycles. The standard InChI is InChI=1S/C30H30N2O4S/c33-30(34)20-26(25-8-2-1-3-9-25)22-37(35,36)29-16-14-23(15-17-29)12-13-24-7-6-11-27(19-24)32-21-28-10-4-5-18-31-28/h1-11,14-19,26,32H,12-13,20-22H2,(H,33,34). The van der Waals surface area contributed by atoms with Crippen LogP contribution in [0.15, 0.2) is 108 Å². The van der Waals surface area contributed by atoms with Gasteiger partial charge in [-0.3, -0.25) is 9.78 Å². The molecule has 0 amide bonds. The maximum absolute atomic E-state index is 13.1. The van der Waals surface area contributed by atoms with Gasteiger partial charge in [0.25, 0.3) is 0 Å². The molecule has 6 nitrogen and oxygen atoms in total. The topological polar surface area (TPSA) is 96.4 Å². The van der Waals surface area contributed by atoms with Gasteiger partial charge in [0.2, 0.25) is 0 Å². The quantitative estimate of drug-likeness (QED) is 0.259. The first-order valence-corrected chi connectivity index (χ1v) is 13.9. The van der Waals surface area contributed by atoms with Crippen LogP contribution < -0.4 is 5.32 Å². The SMILES string of the molecule is O=C(O)CC(CS(=O)(=O)c1ccc(CCc2cccc(NCc3ccccn3)c2)cc1)c1ccccc1. The molecular weight excluding hydrogens is 484 g/mol. The Kier molecular flexibility index (Phi) is 8.69. The number of hydrogen-bond donors (Lipinski definition) is 2. The fourth-order valence-electron chi connectivity index (χ4n) is 4.25. The van der Waals surface area contributed by atoms with Gasteiger partial charge < -0.3 is 10.4 Å². The average molecular weight is 515 g/mol. The minimum atomic E-state index is -3.65. The largest absolute Gasteiger partial charge is 0.481 e. The van der Waals surface area contributed by atoms with Crippen LogP contribution in [0, 0.1) is 0 Å². The van der Waals surface area contributed by atoms with Gasteiger partial charge >= 0.3 is 5.97 Å². The minimum absolute atomic E-state index is 0.211. The van der Waals surface area contributed by atoms with Crippen LogP contribution in [0.2, 0.25) is 0 Å². The normalized spacial score (nSPS) is 12.1. The van der Waals surface area contributed by atoms with Crippen molar-refractivity contribution in [2.45, 2.75) is 36.6 Å². The highest BCUT2D eigenvalue weighted by atomic mass is 32.2. The minimum Gasteiger partial charge on any atom is -0.481 e. The summed E-state index contributed by atoms with van der Waals surface area (Å²) < 4.78 is 26.2. The highest BCUT2D eigenvalue weighted by Crippen LogP contribution is 2.25. The summed E-state index contributed by atoms with van der Waals surface area (Å²) in [5.74, 6) is -1.88. The summed E-state index contributed by atoms with van der Waals surface area (Å²) in [5, 5.41) is 12.7. The van der Waals surface area contributed by atoms with Crippen molar-refractivity contribution in [1.29, 1.82) is 0 Å². The van der Waals surface area contributed by atoms with Gasteiger partial charge in [-0.15, -0.1) is 0 Å². The molecule has 0 aliphatic heterocycles. The van der Waals surface area contributed by atoms with E-state index in [1.807, 2.05) is 48.5 Å². The first-order chi connectivity index (χ1) is 17.9. The van der Waals surface area contributed by atoms with Gasteiger partial charge in [-0.05, 0) is 65.9 Å². The van der Waals surface area contributed by atoms with E-state index >= 15 is 0 Å². The lowest BCUT2D eigenvalue weighted by molar-refractivity contribution is -0.137. The van der Waals surface area contributed by atoms with Crippen molar-refractivity contribution in [2.75, 3.05) is 11.1 Å². The number of carboxylic acids is 1. The number of aliphatic carboxylic acids is 1. The third-order valence-electron chi connectivity index (χ3n) is 6.22. The number of aryl methyl sites for hydroxylation is 2. The zero-order valence-corrected chi connectivity index (χ0v) is 21.3. The van der Waals surface area contributed by atoms with Crippen LogP contribution in [0.3, 0.4) is 0 Å². The molecule has 3 aromatic carbocycles. The fraction of sp³-hybridized carbons (Fsp3) is 0.200. The lowest BCUT2D eigenvalue weighted by atomic mass is 9.98. The molecule has 0 bridgehead atoms. The Bertz CT molecular complexity index is 1410. The van der Waals surface area contributed by atoms with Crippen molar-refractivity contribution >= 4 is 21.5 Å². The second-order valence-corrected chi connectivity index (χ2v) is 11.0. The first kappa shape index (κ1) is 26.1. The van der Waals surface area contributed by atoms with Gasteiger partial charge in [0.05, 0.1) is 29.3 Å². The van der Waals surface area contributed by atoms with Gasteiger partial charge in [-0.2, -0.15) is 0 Å². The van der Waals surface area contributed by atoms with Crippen molar-refractivity contribution in [1.82, 2.24) is 4.98 Å². The van der Waals surface area contributed by atoms with Crippen molar-refractivity contribution in [2.24, 2.45) is 0 Å². The average Bonchev–Trinajstić information content (AvgIpc) is 2.91. The van der Waals surface area contributed by atoms with Gasteiger partial charge in [-0.25, -0.2) is 8.42 Å². The number of rotatable bonds is 12. The molecule has 1 heterocycles. The predicted molar refractivity (Wildman–Crippen MR) is 145 cm³/mol. The molecule has 0 aliphatic carbocycles. The van der Waals surface area contributed by atoms with E-state index in [0.717, 1.165) is 29.8 Å². The second-order valence-electron chi connectivity index (χ2n) is 9.01. The van der Waals surface area contributed by atoms with Crippen molar-refractivity contribution < 1.29 is 18.3 Å². The van der Waals surface area contributed by atoms with Gasteiger partial charge in [0, 0.05) is 17.8 Å². The lowest BCUT2D eigenvalue weighted by Crippen LogP contribution is -2.18. The molecule has 4 rings (SSSR count). The number of benzene rings is 3.